The molecule has 7 nitrogen and oxygen atoms in total. The summed E-state index contributed by atoms with van der Waals surface area (Å²) in [6.45, 7) is 0.605. The maximum absolute atomic E-state index is 12.1. The maximum Gasteiger partial charge on any atom is 0.270 e. The number of rotatable bonds is 7. The summed E-state index contributed by atoms with van der Waals surface area (Å²) in [5.74, 6) is 0.101. The molecule has 0 aliphatic rings. The number of ether oxygens (including phenoxy) is 1. The van der Waals surface area contributed by atoms with Crippen LogP contribution in [0.15, 0.2) is 52.7 Å². The van der Waals surface area contributed by atoms with Crippen molar-refractivity contribution in [1.29, 1.82) is 0 Å². The highest BCUT2D eigenvalue weighted by Crippen LogP contribution is 2.23. The molecule has 0 spiro atoms. The van der Waals surface area contributed by atoms with E-state index in [1.165, 1.54) is 11.3 Å². The van der Waals surface area contributed by atoms with E-state index in [-0.39, 0.29) is 11.8 Å². The molecule has 2 N–H and O–H groups in total. The van der Waals surface area contributed by atoms with Crippen molar-refractivity contribution in [2.75, 3.05) is 20.2 Å². The first-order valence-corrected chi connectivity index (χ1v) is 8.74. The Morgan fingerprint density at radius 1 is 1.19 bits per heavy atom. The van der Waals surface area contributed by atoms with Gasteiger partial charge in [-0.25, -0.2) is 4.98 Å². The van der Waals surface area contributed by atoms with Crippen molar-refractivity contribution in [3.8, 4) is 16.3 Å². The van der Waals surface area contributed by atoms with Crippen LogP contribution >= 0.6 is 11.3 Å². The van der Waals surface area contributed by atoms with E-state index in [0.29, 0.717) is 30.1 Å². The highest BCUT2D eigenvalue weighted by atomic mass is 32.1. The lowest BCUT2D eigenvalue weighted by Crippen LogP contribution is -2.34. The number of furan rings is 1. The van der Waals surface area contributed by atoms with E-state index in [2.05, 4.69) is 15.6 Å². The molecule has 26 heavy (non-hydrogen) atoms. The van der Waals surface area contributed by atoms with E-state index in [4.69, 9.17) is 9.15 Å². The molecule has 134 valence electrons. The van der Waals surface area contributed by atoms with Gasteiger partial charge in [-0.05, 0) is 24.3 Å². The van der Waals surface area contributed by atoms with Crippen LogP contribution in [0.2, 0.25) is 0 Å². The number of carbonyl (C=O) groups is 2. The molecular weight excluding hydrogens is 354 g/mol. The fourth-order valence-corrected chi connectivity index (χ4v) is 2.99. The minimum Gasteiger partial charge on any atom is -0.497 e. The second kappa shape index (κ2) is 8.30. The number of nitrogens with zero attached hydrogens (tertiary/aromatic N) is 1. The van der Waals surface area contributed by atoms with Crippen molar-refractivity contribution in [1.82, 2.24) is 15.6 Å². The standard InChI is InChI=1S/C18H17N3O4S/c1-24-14-4-2-3-12(9-14)16(22)19-6-7-20-17(23)15-11-26-18(21-15)13-5-8-25-10-13/h2-5,8-11H,6-7H2,1H3,(H,19,22)(H,20,23). The summed E-state index contributed by atoms with van der Waals surface area (Å²) in [4.78, 5) is 28.4. The molecule has 1 aromatic carbocycles. The molecule has 0 saturated carbocycles. The second-order valence-electron chi connectivity index (χ2n) is 5.29. The highest BCUT2D eigenvalue weighted by molar-refractivity contribution is 7.13. The average molecular weight is 371 g/mol. The van der Waals surface area contributed by atoms with Crippen LogP contribution in [0.5, 0.6) is 5.75 Å². The van der Waals surface area contributed by atoms with Gasteiger partial charge in [0.05, 0.1) is 13.4 Å². The highest BCUT2D eigenvalue weighted by Gasteiger charge is 2.12. The van der Waals surface area contributed by atoms with Crippen molar-refractivity contribution in [2.45, 2.75) is 0 Å². The van der Waals surface area contributed by atoms with Gasteiger partial charge in [0.1, 0.15) is 22.7 Å². The number of amides is 2. The number of benzene rings is 1. The Balaban J connectivity index is 1.46. The third-order valence-corrected chi connectivity index (χ3v) is 4.42. The van der Waals surface area contributed by atoms with Crippen LogP contribution in [0.4, 0.5) is 0 Å². The molecule has 0 bridgehead atoms. The topological polar surface area (TPSA) is 93.5 Å². The predicted molar refractivity (Wildman–Crippen MR) is 97.5 cm³/mol. The zero-order valence-electron chi connectivity index (χ0n) is 14.0. The number of nitrogens with one attached hydrogen (secondary N) is 2. The Hall–Kier alpha value is -3.13. The molecule has 0 aliphatic carbocycles. The molecule has 0 fully saturated rings. The molecule has 0 saturated heterocycles. The molecule has 2 heterocycles. The van der Waals surface area contributed by atoms with Crippen molar-refractivity contribution in [3.05, 3.63) is 59.5 Å². The molecule has 0 aliphatic heterocycles. The van der Waals surface area contributed by atoms with Gasteiger partial charge in [0.25, 0.3) is 11.8 Å². The molecule has 8 heteroatoms. The zero-order valence-corrected chi connectivity index (χ0v) is 14.8. The molecule has 0 atom stereocenters. The van der Waals surface area contributed by atoms with Crippen LogP contribution in [-0.4, -0.2) is 37.0 Å². The SMILES string of the molecule is COc1cccc(C(=O)NCCNC(=O)c2csc(-c3ccoc3)n2)c1. The number of hydrogen-bond acceptors (Lipinski definition) is 6. The van der Waals surface area contributed by atoms with Gasteiger partial charge in [0.2, 0.25) is 0 Å². The monoisotopic (exact) mass is 371 g/mol. The summed E-state index contributed by atoms with van der Waals surface area (Å²) < 4.78 is 10.1. The Bertz CT molecular complexity index is 889. The van der Waals surface area contributed by atoms with Crippen molar-refractivity contribution >= 4 is 23.2 Å². The van der Waals surface area contributed by atoms with Crippen molar-refractivity contribution in [3.63, 3.8) is 0 Å². The smallest absolute Gasteiger partial charge is 0.270 e. The molecule has 3 rings (SSSR count). The van der Waals surface area contributed by atoms with E-state index < -0.39 is 0 Å². The van der Waals surface area contributed by atoms with Crippen LogP contribution in [0.1, 0.15) is 20.8 Å². The third kappa shape index (κ3) is 4.28. The largest absolute Gasteiger partial charge is 0.497 e. The van der Waals surface area contributed by atoms with Crippen molar-refractivity contribution in [2.24, 2.45) is 0 Å². The first-order valence-electron chi connectivity index (χ1n) is 7.86. The van der Waals surface area contributed by atoms with Gasteiger partial charge in [0, 0.05) is 29.6 Å². The average Bonchev–Trinajstić information content (AvgIpc) is 3.36. The fourth-order valence-electron chi connectivity index (χ4n) is 2.21. The van der Waals surface area contributed by atoms with Crippen LogP contribution in [0, 0.1) is 0 Å². The van der Waals surface area contributed by atoms with E-state index in [0.717, 1.165) is 10.6 Å². The van der Waals surface area contributed by atoms with E-state index >= 15 is 0 Å². The van der Waals surface area contributed by atoms with E-state index in [1.807, 2.05) is 0 Å². The molecule has 0 unspecified atom stereocenters. The lowest BCUT2D eigenvalue weighted by atomic mass is 10.2. The van der Waals surface area contributed by atoms with E-state index in [1.54, 1.807) is 55.3 Å². The normalized spacial score (nSPS) is 10.3. The number of carbonyl (C=O) groups excluding carboxylic acids is 2. The Kier molecular flexibility index (Phi) is 5.65. The van der Waals surface area contributed by atoms with Gasteiger partial charge in [-0.1, -0.05) is 6.07 Å². The lowest BCUT2D eigenvalue weighted by Gasteiger charge is -2.07. The first kappa shape index (κ1) is 17.7. The summed E-state index contributed by atoms with van der Waals surface area (Å²) >= 11 is 1.37. The Morgan fingerprint density at radius 3 is 2.73 bits per heavy atom. The van der Waals surface area contributed by atoms with E-state index in [9.17, 15) is 9.59 Å². The number of thiazole rings is 1. The number of aromatic nitrogens is 1. The van der Waals surface area contributed by atoms with Gasteiger partial charge in [0.15, 0.2) is 0 Å². The first-order chi connectivity index (χ1) is 12.7. The van der Waals surface area contributed by atoms with Gasteiger partial charge >= 0.3 is 0 Å². The molecule has 0 radical (unpaired) electrons. The lowest BCUT2D eigenvalue weighted by molar-refractivity contribution is 0.0925. The summed E-state index contributed by atoms with van der Waals surface area (Å²) in [7, 11) is 1.54. The molecular formula is C18H17N3O4S. The Morgan fingerprint density at radius 2 is 2.00 bits per heavy atom. The van der Waals surface area contributed by atoms with Crippen LogP contribution in [-0.2, 0) is 0 Å². The zero-order chi connectivity index (χ0) is 18.4. The minimum atomic E-state index is -0.286. The van der Waals surface area contributed by atoms with Crippen LogP contribution < -0.4 is 15.4 Å². The van der Waals surface area contributed by atoms with Gasteiger partial charge in [-0.3, -0.25) is 9.59 Å². The molecule has 3 aromatic rings. The molecule has 2 amide bonds. The Labute approximate surface area is 154 Å². The fraction of sp³-hybridized carbons (Fsp3) is 0.167. The summed E-state index contributed by atoms with van der Waals surface area (Å²) in [6, 6.07) is 8.65. The van der Waals surface area contributed by atoms with Crippen LogP contribution in [0.25, 0.3) is 10.6 Å². The predicted octanol–water partition coefficient (Wildman–Crippen LogP) is 2.57. The van der Waals surface area contributed by atoms with Gasteiger partial charge in [-0.15, -0.1) is 11.3 Å². The quantitative estimate of drug-likeness (QED) is 0.623. The third-order valence-electron chi connectivity index (χ3n) is 3.53. The minimum absolute atomic E-state index is 0.228. The number of hydrogen-bond donors (Lipinski definition) is 2. The second-order valence-corrected chi connectivity index (χ2v) is 6.15. The van der Waals surface area contributed by atoms with Crippen molar-refractivity contribution < 1.29 is 18.7 Å². The summed E-state index contributed by atoms with van der Waals surface area (Å²) in [5.41, 5.74) is 1.67. The van der Waals surface area contributed by atoms with Crippen LogP contribution in [0.3, 0.4) is 0 Å². The maximum atomic E-state index is 12.1. The van der Waals surface area contributed by atoms with Gasteiger partial charge < -0.3 is 19.8 Å². The summed E-state index contributed by atoms with van der Waals surface area (Å²) in [5, 5.41) is 7.88. The summed E-state index contributed by atoms with van der Waals surface area (Å²) in [6.07, 6.45) is 3.14. The van der Waals surface area contributed by atoms with Gasteiger partial charge in [-0.2, -0.15) is 0 Å². The number of methoxy groups -OCH3 is 1. The molecule has 2 aromatic heterocycles.